The molecule has 0 N–H and O–H groups in total. The first-order chi connectivity index (χ1) is 10.4. The van der Waals surface area contributed by atoms with Crippen LogP contribution < -0.4 is 14.2 Å². The second-order valence-electron chi connectivity index (χ2n) is 4.68. The number of benzene rings is 1. The largest absolute Gasteiger partial charge is 0.493 e. The molecule has 0 aliphatic carbocycles. The van der Waals surface area contributed by atoms with Gasteiger partial charge in [-0.25, -0.2) is 8.42 Å². The number of hydrogen-bond donors (Lipinski definition) is 0. The Balaban J connectivity index is 3.19. The highest BCUT2D eigenvalue weighted by Gasteiger charge is 2.25. The van der Waals surface area contributed by atoms with Crippen molar-refractivity contribution in [2.45, 2.75) is 18.7 Å². The van der Waals surface area contributed by atoms with E-state index in [1.807, 2.05) is 13.8 Å². The molecule has 0 saturated carbocycles. The highest BCUT2D eigenvalue weighted by atomic mass is 32.2. The van der Waals surface area contributed by atoms with Gasteiger partial charge in [-0.2, -0.15) is 0 Å². The van der Waals surface area contributed by atoms with E-state index in [2.05, 4.69) is 4.90 Å². The zero-order valence-electron chi connectivity index (χ0n) is 13.9. The number of sulfone groups is 1. The predicted molar refractivity (Wildman–Crippen MR) is 85.9 cm³/mol. The third kappa shape index (κ3) is 4.04. The fraction of sp³-hybridized carbons (Fsp3) is 0.600. The Morgan fingerprint density at radius 1 is 0.955 bits per heavy atom. The van der Waals surface area contributed by atoms with Gasteiger partial charge in [-0.15, -0.1) is 0 Å². The van der Waals surface area contributed by atoms with Gasteiger partial charge in [0.05, 0.1) is 27.1 Å². The van der Waals surface area contributed by atoms with Gasteiger partial charge in [0.2, 0.25) is 5.75 Å². The van der Waals surface area contributed by atoms with Crippen LogP contribution in [0.1, 0.15) is 13.8 Å². The first-order valence-corrected chi connectivity index (χ1v) is 8.84. The molecule has 0 fully saturated rings. The van der Waals surface area contributed by atoms with Gasteiger partial charge < -0.3 is 19.1 Å². The van der Waals surface area contributed by atoms with Gasteiger partial charge in [0.25, 0.3) is 0 Å². The average Bonchev–Trinajstić information content (AvgIpc) is 2.53. The summed E-state index contributed by atoms with van der Waals surface area (Å²) in [5.74, 6) is 0.929. The molecule has 0 aromatic heterocycles. The topological polar surface area (TPSA) is 65.1 Å². The molecule has 0 aliphatic heterocycles. The standard InChI is InChI=1S/C15H25NO5S/c1-6-16(7-2)10-11-22(17,18)13-9-8-12(19-3)14(20-4)15(13)21-5/h8-9H,6-7,10-11H2,1-5H3. The van der Waals surface area contributed by atoms with Crippen molar-refractivity contribution in [3.63, 3.8) is 0 Å². The normalized spacial score (nSPS) is 11.5. The van der Waals surface area contributed by atoms with Crippen LogP contribution in [0.4, 0.5) is 0 Å². The Bertz CT molecular complexity index is 582. The van der Waals surface area contributed by atoms with Crippen LogP contribution in [-0.4, -0.2) is 60.0 Å². The number of hydrogen-bond acceptors (Lipinski definition) is 6. The zero-order valence-corrected chi connectivity index (χ0v) is 14.7. The van der Waals surface area contributed by atoms with E-state index in [9.17, 15) is 8.42 Å². The van der Waals surface area contributed by atoms with Gasteiger partial charge in [-0.05, 0) is 25.2 Å². The molecule has 1 aromatic rings. The second kappa shape index (κ2) is 8.24. The predicted octanol–water partition coefficient (Wildman–Crippen LogP) is 1.83. The molecule has 1 rings (SSSR count). The summed E-state index contributed by atoms with van der Waals surface area (Å²) in [5.41, 5.74) is 0. The summed E-state index contributed by atoms with van der Waals surface area (Å²) >= 11 is 0. The Morgan fingerprint density at radius 3 is 2.00 bits per heavy atom. The Labute approximate surface area is 132 Å². The highest BCUT2D eigenvalue weighted by Crippen LogP contribution is 2.41. The van der Waals surface area contributed by atoms with Gasteiger partial charge in [0.15, 0.2) is 21.3 Å². The summed E-state index contributed by atoms with van der Waals surface area (Å²) in [6.45, 7) is 6.12. The highest BCUT2D eigenvalue weighted by molar-refractivity contribution is 7.91. The quantitative estimate of drug-likeness (QED) is 0.688. The van der Waals surface area contributed by atoms with Crippen molar-refractivity contribution in [1.82, 2.24) is 4.90 Å². The van der Waals surface area contributed by atoms with Gasteiger partial charge in [0, 0.05) is 6.54 Å². The van der Waals surface area contributed by atoms with Gasteiger partial charge in [-0.1, -0.05) is 13.8 Å². The summed E-state index contributed by atoms with van der Waals surface area (Å²) in [6, 6.07) is 3.07. The fourth-order valence-electron chi connectivity index (χ4n) is 2.22. The molecule has 0 aliphatic rings. The fourth-order valence-corrected chi connectivity index (χ4v) is 3.67. The van der Waals surface area contributed by atoms with Crippen LogP contribution in [0.25, 0.3) is 0 Å². The lowest BCUT2D eigenvalue weighted by Gasteiger charge is -2.19. The molecule has 0 atom stereocenters. The number of nitrogens with zero attached hydrogens (tertiary/aromatic N) is 1. The third-order valence-electron chi connectivity index (χ3n) is 3.57. The van der Waals surface area contributed by atoms with Crippen molar-refractivity contribution in [3.8, 4) is 17.2 Å². The van der Waals surface area contributed by atoms with Crippen molar-refractivity contribution in [2.24, 2.45) is 0 Å². The molecule has 0 amide bonds. The van der Waals surface area contributed by atoms with Crippen LogP contribution in [-0.2, 0) is 9.84 Å². The lowest BCUT2D eigenvalue weighted by molar-refractivity contribution is 0.316. The van der Waals surface area contributed by atoms with E-state index >= 15 is 0 Å². The minimum absolute atomic E-state index is 0.0283. The Morgan fingerprint density at radius 2 is 1.55 bits per heavy atom. The zero-order chi connectivity index (χ0) is 16.8. The lowest BCUT2D eigenvalue weighted by Crippen LogP contribution is -2.29. The Hall–Kier alpha value is -1.47. The van der Waals surface area contributed by atoms with Crippen molar-refractivity contribution < 1.29 is 22.6 Å². The first-order valence-electron chi connectivity index (χ1n) is 7.19. The Kier molecular flexibility index (Phi) is 6.96. The molecule has 0 unspecified atom stereocenters. The van der Waals surface area contributed by atoms with E-state index in [0.717, 1.165) is 13.1 Å². The van der Waals surface area contributed by atoms with Crippen molar-refractivity contribution >= 4 is 9.84 Å². The average molecular weight is 331 g/mol. The monoisotopic (exact) mass is 331 g/mol. The third-order valence-corrected chi connectivity index (χ3v) is 5.29. The molecule has 0 bridgehead atoms. The van der Waals surface area contributed by atoms with Crippen molar-refractivity contribution in [1.29, 1.82) is 0 Å². The van der Waals surface area contributed by atoms with Crippen LogP contribution in [0.5, 0.6) is 17.2 Å². The van der Waals surface area contributed by atoms with E-state index in [-0.39, 0.29) is 22.1 Å². The van der Waals surface area contributed by atoms with Crippen LogP contribution >= 0.6 is 0 Å². The van der Waals surface area contributed by atoms with Gasteiger partial charge in [0.1, 0.15) is 4.90 Å². The molecular formula is C15H25NO5S. The van der Waals surface area contributed by atoms with Crippen LogP contribution in [0.15, 0.2) is 17.0 Å². The van der Waals surface area contributed by atoms with Crippen molar-refractivity contribution in [3.05, 3.63) is 12.1 Å². The minimum Gasteiger partial charge on any atom is -0.493 e. The molecule has 0 spiro atoms. The molecule has 126 valence electrons. The maximum atomic E-state index is 12.6. The van der Waals surface area contributed by atoms with Gasteiger partial charge >= 0.3 is 0 Å². The molecule has 0 heterocycles. The summed E-state index contributed by atoms with van der Waals surface area (Å²) in [7, 11) is 0.882. The summed E-state index contributed by atoms with van der Waals surface area (Å²) in [5, 5.41) is 0. The number of ether oxygens (including phenoxy) is 3. The SMILES string of the molecule is CCN(CC)CCS(=O)(=O)c1ccc(OC)c(OC)c1OC. The van der Waals surface area contributed by atoms with Gasteiger partial charge in [-0.3, -0.25) is 0 Å². The van der Waals surface area contributed by atoms with E-state index < -0.39 is 9.84 Å². The molecule has 22 heavy (non-hydrogen) atoms. The molecule has 6 nitrogen and oxygen atoms in total. The maximum absolute atomic E-state index is 12.6. The molecule has 0 saturated heterocycles. The molecule has 7 heteroatoms. The van der Waals surface area contributed by atoms with Crippen LogP contribution in [0, 0.1) is 0 Å². The van der Waals surface area contributed by atoms with Crippen molar-refractivity contribution in [2.75, 3.05) is 46.7 Å². The summed E-state index contributed by atoms with van der Waals surface area (Å²) < 4.78 is 40.9. The van der Waals surface area contributed by atoms with E-state index in [0.29, 0.717) is 12.3 Å². The number of rotatable bonds is 9. The minimum atomic E-state index is -3.48. The van der Waals surface area contributed by atoms with Crippen LogP contribution in [0.2, 0.25) is 0 Å². The molecule has 0 radical (unpaired) electrons. The lowest BCUT2D eigenvalue weighted by atomic mass is 10.3. The van der Waals surface area contributed by atoms with E-state index in [4.69, 9.17) is 14.2 Å². The first kappa shape index (κ1) is 18.6. The van der Waals surface area contributed by atoms with Crippen LogP contribution in [0.3, 0.4) is 0 Å². The summed E-state index contributed by atoms with van der Waals surface area (Å²) in [6.07, 6.45) is 0. The van der Waals surface area contributed by atoms with E-state index in [1.54, 1.807) is 6.07 Å². The van der Waals surface area contributed by atoms with E-state index in [1.165, 1.54) is 27.4 Å². The smallest absolute Gasteiger partial charge is 0.204 e. The number of methoxy groups -OCH3 is 3. The molecular weight excluding hydrogens is 306 g/mol. The molecule has 1 aromatic carbocycles. The second-order valence-corrected chi connectivity index (χ2v) is 6.76. The summed E-state index contributed by atoms with van der Waals surface area (Å²) in [4.78, 5) is 2.19. The maximum Gasteiger partial charge on any atom is 0.204 e.